The summed E-state index contributed by atoms with van der Waals surface area (Å²) in [5.74, 6) is -0.296. The number of hydrogen-bond donors (Lipinski definition) is 1. The van der Waals surface area contributed by atoms with Gasteiger partial charge >= 0.3 is 5.97 Å². The molecular weight excluding hydrogens is 170 g/mol. The summed E-state index contributed by atoms with van der Waals surface area (Å²) in [5.41, 5.74) is 0. The molecule has 0 radical (unpaired) electrons. The van der Waals surface area contributed by atoms with Crippen LogP contribution in [0.1, 0.15) is 6.92 Å². The second-order valence-corrected chi connectivity index (χ2v) is 2.71. The van der Waals surface area contributed by atoms with Gasteiger partial charge in [-0.25, -0.2) is 0 Å². The highest BCUT2D eigenvalue weighted by Crippen LogP contribution is 2.00. The van der Waals surface area contributed by atoms with Gasteiger partial charge in [0.15, 0.2) is 0 Å². The van der Waals surface area contributed by atoms with Crippen molar-refractivity contribution in [2.24, 2.45) is 0 Å². The Morgan fingerprint density at radius 3 is 2.77 bits per heavy atom. The average molecular weight is 187 g/mol. The minimum Gasteiger partial charge on any atom is -0.468 e. The fraction of sp³-hybridized carbons (Fsp3) is 0.667. The average Bonchev–Trinajstić information content (AvgIpc) is 2.15. The molecule has 0 aliphatic carbocycles. The Hall–Kier alpha value is -0.870. The smallest absolute Gasteiger partial charge is 0.322 e. The quantitative estimate of drug-likeness (QED) is 0.471. The lowest BCUT2D eigenvalue weighted by Crippen LogP contribution is -2.41. The van der Waals surface area contributed by atoms with Crippen molar-refractivity contribution in [1.82, 2.24) is 4.90 Å². The van der Waals surface area contributed by atoms with Crippen LogP contribution in [-0.2, 0) is 9.53 Å². The lowest BCUT2D eigenvalue weighted by Gasteiger charge is -2.24. The molecule has 0 heterocycles. The summed E-state index contributed by atoms with van der Waals surface area (Å²) in [7, 11) is 1.35. The van der Waals surface area contributed by atoms with Crippen molar-refractivity contribution >= 4 is 5.97 Å². The molecule has 1 atom stereocenters. The molecule has 0 aliphatic heterocycles. The Morgan fingerprint density at radius 1 is 1.77 bits per heavy atom. The maximum absolute atomic E-state index is 11.1. The van der Waals surface area contributed by atoms with E-state index in [1.54, 1.807) is 17.9 Å². The van der Waals surface area contributed by atoms with Gasteiger partial charge in [0.2, 0.25) is 0 Å². The van der Waals surface area contributed by atoms with Gasteiger partial charge in [0.1, 0.15) is 6.04 Å². The van der Waals surface area contributed by atoms with Gasteiger partial charge in [-0.3, -0.25) is 9.69 Å². The Balaban J connectivity index is 4.16. The molecule has 0 aliphatic rings. The third-order valence-corrected chi connectivity index (χ3v) is 1.84. The fourth-order valence-electron chi connectivity index (χ4n) is 1.06. The maximum Gasteiger partial charge on any atom is 0.322 e. The molecule has 1 N–H and O–H groups in total. The van der Waals surface area contributed by atoms with E-state index in [-0.39, 0.29) is 18.6 Å². The van der Waals surface area contributed by atoms with Crippen molar-refractivity contribution in [3.63, 3.8) is 0 Å². The van der Waals surface area contributed by atoms with Crippen LogP contribution in [0.2, 0.25) is 0 Å². The predicted octanol–water partition coefficient (Wildman–Crippen LogP) is 0.0282. The van der Waals surface area contributed by atoms with E-state index in [4.69, 9.17) is 5.11 Å². The van der Waals surface area contributed by atoms with E-state index >= 15 is 0 Å². The molecule has 4 nitrogen and oxygen atoms in total. The van der Waals surface area contributed by atoms with E-state index in [2.05, 4.69) is 11.3 Å². The monoisotopic (exact) mass is 187 g/mol. The van der Waals surface area contributed by atoms with Gasteiger partial charge in [-0.05, 0) is 6.92 Å². The van der Waals surface area contributed by atoms with Crippen molar-refractivity contribution in [3.8, 4) is 0 Å². The Bertz CT molecular complexity index is 170. The third kappa shape index (κ3) is 4.05. The summed E-state index contributed by atoms with van der Waals surface area (Å²) in [4.78, 5) is 12.9. The third-order valence-electron chi connectivity index (χ3n) is 1.84. The van der Waals surface area contributed by atoms with E-state index in [9.17, 15) is 4.79 Å². The van der Waals surface area contributed by atoms with E-state index in [1.807, 2.05) is 0 Å². The number of carbonyl (C=O) groups is 1. The van der Waals surface area contributed by atoms with Gasteiger partial charge in [0, 0.05) is 13.1 Å². The van der Waals surface area contributed by atoms with Crippen molar-refractivity contribution < 1.29 is 14.6 Å². The van der Waals surface area contributed by atoms with Crippen molar-refractivity contribution in [3.05, 3.63) is 12.7 Å². The molecule has 1 unspecified atom stereocenters. The van der Waals surface area contributed by atoms with Crippen molar-refractivity contribution in [1.29, 1.82) is 0 Å². The molecule has 0 rings (SSSR count). The fourth-order valence-corrected chi connectivity index (χ4v) is 1.06. The Kier molecular flexibility index (Phi) is 6.18. The molecule has 0 aromatic heterocycles. The Labute approximate surface area is 78.8 Å². The summed E-state index contributed by atoms with van der Waals surface area (Å²) >= 11 is 0. The number of aliphatic hydroxyl groups excluding tert-OH is 1. The van der Waals surface area contributed by atoms with Gasteiger partial charge in [0.05, 0.1) is 13.7 Å². The van der Waals surface area contributed by atoms with Gasteiger partial charge in [-0.2, -0.15) is 0 Å². The summed E-state index contributed by atoms with van der Waals surface area (Å²) in [5, 5.41) is 8.74. The normalized spacial score (nSPS) is 12.6. The number of aliphatic hydroxyl groups is 1. The zero-order chi connectivity index (χ0) is 10.3. The molecular formula is C9H17NO3. The second-order valence-electron chi connectivity index (χ2n) is 2.71. The summed E-state index contributed by atoms with van der Waals surface area (Å²) < 4.78 is 4.59. The SMILES string of the molecule is C=CCN(CCO)C(C)C(=O)OC. The van der Waals surface area contributed by atoms with E-state index < -0.39 is 0 Å². The van der Waals surface area contributed by atoms with Gasteiger partial charge < -0.3 is 9.84 Å². The van der Waals surface area contributed by atoms with Crippen LogP contribution in [0.5, 0.6) is 0 Å². The highest BCUT2D eigenvalue weighted by molar-refractivity contribution is 5.75. The number of ether oxygens (including phenoxy) is 1. The zero-order valence-corrected chi connectivity index (χ0v) is 8.19. The largest absolute Gasteiger partial charge is 0.468 e. The lowest BCUT2D eigenvalue weighted by atomic mass is 10.3. The topological polar surface area (TPSA) is 49.8 Å². The van der Waals surface area contributed by atoms with Crippen LogP contribution in [0.15, 0.2) is 12.7 Å². The van der Waals surface area contributed by atoms with Crippen LogP contribution < -0.4 is 0 Å². The van der Waals surface area contributed by atoms with Gasteiger partial charge in [-0.15, -0.1) is 6.58 Å². The minimum absolute atomic E-state index is 0.0230. The molecule has 0 spiro atoms. The Morgan fingerprint density at radius 2 is 2.38 bits per heavy atom. The van der Waals surface area contributed by atoms with Crippen molar-refractivity contribution in [2.45, 2.75) is 13.0 Å². The molecule has 0 amide bonds. The maximum atomic E-state index is 11.1. The molecule has 0 bridgehead atoms. The first kappa shape index (κ1) is 12.1. The highest BCUT2D eigenvalue weighted by Gasteiger charge is 2.19. The van der Waals surface area contributed by atoms with Crippen molar-refractivity contribution in [2.75, 3.05) is 26.8 Å². The molecule has 0 aromatic rings. The summed E-state index contributed by atoms with van der Waals surface area (Å²) in [6, 6.07) is -0.338. The lowest BCUT2D eigenvalue weighted by molar-refractivity contribution is -0.146. The molecule has 4 heteroatoms. The van der Waals surface area contributed by atoms with Crippen LogP contribution in [0.25, 0.3) is 0 Å². The first-order chi connectivity index (χ1) is 6.17. The van der Waals surface area contributed by atoms with E-state index in [0.29, 0.717) is 13.1 Å². The minimum atomic E-state index is -0.338. The van der Waals surface area contributed by atoms with E-state index in [1.165, 1.54) is 7.11 Å². The number of rotatable bonds is 6. The van der Waals surface area contributed by atoms with Gasteiger partial charge in [-0.1, -0.05) is 6.08 Å². The highest BCUT2D eigenvalue weighted by atomic mass is 16.5. The molecule has 0 saturated heterocycles. The standard InChI is InChI=1S/C9H17NO3/c1-4-5-10(6-7-11)8(2)9(12)13-3/h4,8,11H,1,5-7H2,2-3H3. The second kappa shape index (κ2) is 6.62. The molecule has 13 heavy (non-hydrogen) atoms. The number of carbonyl (C=O) groups excluding carboxylic acids is 1. The van der Waals surface area contributed by atoms with Crippen LogP contribution >= 0.6 is 0 Å². The molecule has 0 saturated carbocycles. The molecule has 0 fully saturated rings. The number of esters is 1. The van der Waals surface area contributed by atoms with Crippen LogP contribution in [0.3, 0.4) is 0 Å². The number of hydrogen-bond acceptors (Lipinski definition) is 4. The first-order valence-electron chi connectivity index (χ1n) is 4.21. The number of nitrogens with zero attached hydrogens (tertiary/aromatic N) is 1. The van der Waals surface area contributed by atoms with Gasteiger partial charge in [0.25, 0.3) is 0 Å². The summed E-state index contributed by atoms with van der Waals surface area (Å²) in [6.45, 7) is 6.35. The summed E-state index contributed by atoms with van der Waals surface area (Å²) in [6.07, 6.45) is 1.69. The first-order valence-corrected chi connectivity index (χ1v) is 4.21. The predicted molar refractivity (Wildman–Crippen MR) is 50.3 cm³/mol. The van der Waals surface area contributed by atoms with Crippen LogP contribution in [-0.4, -0.2) is 48.8 Å². The van der Waals surface area contributed by atoms with Crippen LogP contribution in [0, 0.1) is 0 Å². The van der Waals surface area contributed by atoms with E-state index in [0.717, 1.165) is 0 Å². The number of methoxy groups -OCH3 is 1. The zero-order valence-electron chi connectivity index (χ0n) is 8.19. The van der Waals surface area contributed by atoms with Crippen LogP contribution in [0.4, 0.5) is 0 Å². The molecule has 0 aromatic carbocycles. The molecule has 76 valence electrons.